The summed E-state index contributed by atoms with van der Waals surface area (Å²) in [6.07, 6.45) is 2.34. The molecule has 0 radical (unpaired) electrons. The van der Waals surface area contributed by atoms with E-state index >= 15 is 0 Å². The van der Waals surface area contributed by atoms with E-state index in [1.807, 2.05) is 6.07 Å². The van der Waals surface area contributed by atoms with Gasteiger partial charge in [-0.05, 0) is 41.2 Å². The summed E-state index contributed by atoms with van der Waals surface area (Å²) in [5.41, 5.74) is 12.9. The van der Waals surface area contributed by atoms with Gasteiger partial charge in [-0.1, -0.05) is 36.4 Å². The molecule has 1 heterocycles. The maximum atomic E-state index is 6.07. The number of benzene rings is 2. The fourth-order valence-corrected chi connectivity index (χ4v) is 3.69. The molecule has 4 rings (SSSR count). The Kier molecular flexibility index (Phi) is 2.78. The second-order valence-electron chi connectivity index (χ2n) is 6.07. The Bertz CT molecular complexity index is 648. The summed E-state index contributed by atoms with van der Waals surface area (Å²) in [4.78, 5) is 2.59. The van der Waals surface area contributed by atoms with Crippen LogP contribution >= 0.6 is 0 Å². The van der Waals surface area contributed by atoms with Gasteiger partial charge < -0.3 is 5.73 Å². The molecule has 2 N–H and O–H groups in total. The van der Waals surface area contributed by atoms with Crippen LogP contribution in [0.25, 0.3) is 0 Å². The number of rotatable bonds is 2. The number of nitrogens with two attached hydrogens (primary N) is 1. The molecule has 2 aromatic carbocycles. The largest absolute Gasteiger partial charge is 0.398 e. The predicted molar refractivity (Wildman–Crippen MR) is 82.7 cm³/mol. The first kappa shape index (κ1) is 12.0. The van der Waals surface area contributed by atoms with Crippen LogP contribution < -0.4 is 5.73 Å². The lowest BCUT2D eigenvalue weighted by molar-refractivity contribution is 0.230. The average molecular weight is 264 g/mol. The van der Waals surface area contributed by atoms with Crippen LogP contribution in [0.4, 0.5) is 5.69 Å². The Morgan fingerprint density at radius 2 is 1.90 bits per heavy atom. The smallest absolute Gasteiger partial charge is 0.0350 e. The van der Waals surface area contributed by atoms with E-state index in [-0.39, 0.29) is 0 Å². The first-order valence-electron chi connectivity index (χ1n) is 7.47. The van der Waals surface area contributed by atoms with E-state index < -0.39 is 0 Å². The Labute approximate surface area is 120 Å². The predicted octanol–water partition coefficient (Wildman–Crippen LogP) is 2.97. The molecular formula is C18H20N2. The van der Waals surface area contributed by atoms with Crippen molar-refractivity contribution in [3.63, 3.8) is 0 Å². The van der Waals surface area contributed by atoms with E-state index in [0.29, 0.717) is 0 Å². The minimum atomic E-state index is 0.730. The van der Waals surface area contributed by atoms with Gasteiger partial charge in [0.05, 0.1) is 0 Å². The van der Waals surface area contributed by atoms with E-state index in [4.69, 9.17) is 5.73 Å². The first-order valence-corrected chi connectivity index (χ1v) is 7.47. The van der Waals surface area contributed by atoms with Gasteiger partial charge in [0.1, 0.15) is 0 Å². The van der Waals surface area contributed by atoms with Gasteiger partial charge in [0.2, 0.25) is 0 Å². The summed E-state index contributed by atoms with van der Waals surface area (Å²) in [5.74, 6) is 0.730. The summed E-state index contributed by atoms with van der Waals surface area (Å²) in [7, 11) is 0. The number of fused-ring (bicyclic) bond motifs is 2. The highest BCUT2D eigenvalue weighted by Gasteiger charge is 2.28. The Morgan fingerprint density at radius 1 is 1.05 bits per heavy atom. The molecule has 2 nitrogen and oxygen atoms in total. The van der Waals surface area contributed by atoms with Crippen molar-refractivity contribution in [2.75, 3.05) is 18.8 Å². The number of nitrogens with zero attached hydrogens (tertiary/aromatic N) is 1. The summed E-state index contributed by atoms with van der Waals surface area (Å²) in [6, 6.07) is 15.2. The monoisotopic (exact) mass is 264 g/mol. The van der Waals surface area contributed by atoms with Crippen LogP contribution in [0.2, 0.25) is 0 Å². The molecule has 2 aliphatic rings. The van der Waals surface area contributed by atoms with E-state index in [2.05, 4.69) is 41.3 Å². The minimum absolute atomic E-state index is 0.730. The topological polar surface area (TPSA) is 29.3 Å². The highest BCUT2D eigenvalue weighted by molar-refractivity contribution is 5.52. The minimum Gasteiger partial charge on any atom is -0.398 e. The van der Waals surface area contributed by atoms with Crippen LogP contribution in [0.15, 0.2) is 42.5 Å². The van der Waals surface area contributed by atoms with Gasteiger partial charge in [-0.15, -0.1) is 0 Å². The van der Waals surface area contributed by atoms with Crippen LogP contribution in [-0.4, -0.2) is 18.0 Å². The molecule has 1 atom stereocenters. The molecule has 0 saturated carbocycles. The molecule has 0 fully saturated rings. The number of hydrogen-bond donors (Lipinski definition) is 1. The van der Waals surface area contributed by atoms with Crippen molar-refractivity contribution < 1.29 is 0 Å². The van der Waals surface area contributed by atoms with Crippen molar-refractivity contribution in [3.05, 3.63) is 64.7 Å². The quantitative estimate of drug-likeness (QED) is 0.845. The zero-order valence-corrected chi connectivity index (χ0v) is 11.7. The van der Waals surface area contributed by atoms with Crippen molar-refractivity contribution in [2.45, 2.75) is 25.3 Å². The van der Waals surface area contributed by atoms with Crippen molar-refractivity contribution in [2.24, 2.45) is 0 Å². The molecule has 0 aromatic heterocycles. The molecular weight excluding hydrogens is 244 g/mol. The zero-order chi connectivity index (χ0) is 13.5. The van der Waals surface area contributed by atoms with Crippen LogP contribution in [0.3, 0.4) is 0 Å². The zero-order valence-electron chi connectivity index (χ0n) is 11.7. The van der Waals surface area contributed by atoms with Crippen molar-refractivity contribution in [1.29, 1.82) is 0 Å². The fourth-order valence-electron chi connectivity index (χ4n) is 3.69. The van der Waals surface area contributed by atoms with Gasteiger partial charge in [0, 0.05) is 31.2 Å². The molecule has 1 unspecified atom stereocenters. The van der Waals surface area contributed by atoms with E-state index in [1.165, 1.54) is 24.1 Å². The van der Waals surface area contributed by atoms with Crippen molar-refractivity contribution >= 4 is 5.69 Å². The molecule has 0 spiro atoms. The normalized spacial score (nSPS) is 20.9. The lowest BCUT2D eigenvalue weighted by Gasteiger charge is -2.37. The van der Waals surface area contributed by atoms with Gasteiger partial charge in [-0.2, -0.15) is 0 Å². The maximum Gasteiger partial charge on any atom is 0.0350 e. The molecule has 1 aliphatic heterocycles. The van der Waals surface area contributed by atoms with Gasteiger partial charge in [0.15, 0.2) is 0 Å². The molecule has 2 aromatic rings. The van der Waals surface area contributed by atoms with Gasteiger partial charge in [0.25, 0.3) is 0 Å². The Hall–Kier alpha value is -1.80. The highest BCUT2D eigenvalue weighted by atomic mass is 15.1. The fraction of sp³-hybridized carbons (Fsp3) is 0.333. The third-order valence-electron chi connectivity index (χ3n) is 4.82. The van der Waals surface area contributed by atoms with Gasteiger partial charge in [-0.3, -0.25) is 4.90 Å². The average Bonchev–Trinajstić information content (AvgIpc) is 2.45. The second kappa shape index (κ2) is 4.64. The highest BCUT2D eigenvalue weighted by Crippen LogP contribution is 2.36. The first-order chi connectivity index (χ1) is 9.81. The maximum absolute atomic E-state index is 6.07. The number of nitrogen functional groups attached to an aromatic ring is 1. The number of hydrogen-bond acceptors (Lipinski definition) is 2. The lowest BCUT2D eigenvalue weighted by Crippen LogP contribution is -2.37. The van der Waals surface area contributed by atoms with E-state index in [0.717, 1.165) is 31.1 Å². The molecule has 2 heteroatoms. The van der Waals surface area contributed by atoms with Crippen molar-refractivity contribution in [1.82, 2.24) is 4.90 Å². The Morgan fingerprint density at radius 3 is 2.80 bits per heavy atom. The van der Waals surface area contributed by atoms with E-state index in [1.54, 1.807) is 11.1 Å². The Balaban J connectivity index is 1.48. The molecule has 0 bridgehead atoms. The second-order valence-corrected chi connectivity index (χ2v) is 6.07. The van der Waals surface area contributed by atoms with Gasteiger partial charge in [-0.25, -0.2) is 0 Å². The summed E-state index contributed by atoms with van der Waals surface area (Å²) < 4.78 is 0. The molecule has 20 heavy (non-hydrogen) atoms. The van der Waals surface area contributed by atoms with E-state index in [9.17, 15) is 0 Å². The van der Waals surface area contributed by atoms with Crippen LogP contribution in [0, 0.1) is 0 Å². The molecule has 0 amide bonds. The van der Waals surface area contributed by atoms with Crippen LogP contribution in [0.1, 0.15) is 28.2 Å². The standard InChI is InChI=1S/C18H20N2/c19-18-7-3-5-14-11-20(9-8-17(14)18)12-15-10-13-4-1-2-6-16(13)15/h1-7,15H,8-12,19H2. The number of anilines is 1. The molecule has 1 aliphatic carbocycles. The van der Waals surface area contributed by atoms with Crippen LogP contribution in [0.5, 0.6) is 0 Å². The lowest BCUT2D eigenvalue weighted by atomic mass is 9.77. The molecule has 102 valence electrons. The van der Waals surface area contributed by atoms with Crippen LogP contribution in [-0.2, 0) is 19.4 Å². The van der Waals surface area contributed by atoms with Crippen molar-refractivity contribution in [3.8, 4) is 0 Å². The summed E-state index contributed by atoms with van der Waals surface area (Å²) in [5, 5.41) is 0. The third-order valence-corrected chi connectivity index (χ3v) is 4.82. The summed E-state index contributed by atoms with van der Waals surface area (Å²) >= 11 is 0. The SMILES string of the molecule is Nc1cccc2c1CCN(CC1Cc3ccccc31)C2. The summed E-state index contributed by atoms with van der Waals surface area (Å²) in [6.45, 7) is 3.38. The van der Waals surface area contributed by atoms with Gasteiger partial charge >= 0.3 is 0 Å². The molecule has 0 saturated heterocycles. The third kappa shape index (κ3) is 1.92.